The summed E-state index contributed by atoms with van der Waals surface area (Å²) in [6, 6.07) is 12.9. The lowest BCUT2D eigenvalue weighted by molar-refractivity contribution is 0.145. The maximum absolute atomic E-state index is 9.95. The first-order valence-corrected chi connectivity index (χ1v) is 12.4. The molecule has 1 aliphatic carbocycles. The Kier molecular flexibility index (Phi) is 6.47. The number of nitrogens with one attached hydrogen (secondary N) is 1. The summed E-state index contributed by atoms with van der Waals surface area (Å²) in [5, 5.41) is 21.0. The molecule has 0 saturated carbocycles. The summed E-state index contributed by atoms with van der Waals surface area (Å²) in [6.45, 7) is 9.92. The number of rotatable bonds is 7. The van der Waals surface area contributed by atoms with Crippen molar-refractivity contribution in [3.05, 3.63) is 53.7 Å². The van der Waals surface area contributed by atoms with Crippen molar-refractivity contribution in [1.29, 1.82) is 0 Å². The fraction of sp³-hybridized carbons (Fsp3) is 0.481. The Morgan fingerprint density at radius 2 is 1.76 bits per heavy atom. The first kappa shape index (κ1) is 22.1. The SMILES string of the molecule is CCCN(CCN1CCN(c2ccc3[nH]ccc3c2)CC1)C1CCc2cc(O)c(O)cc2C1. The first-order valence-electron chi connectivity index (χ1n) is 12.4. The van der Waals surface area contributed by atoms with Crippen LogP contribution in [0.1, 0.15) is 30.9 Å². The van der Waals surface area contributed by atoms with E-state index in [9.17, 15) is 10.2 Å². The van der Waals surface area contributed by atoms with Crippen molar-refractivity contribution >= 4 is 16.6 Å². The molecule has 176 valence electrons. The fourth-order valence-corrected chi connectivity index (χ4v) is 5.58. The van der Waals surface area contributed by atoms with Crippen molar-refractivity contribution in [1.82, 2.24) is 14.8 Å². The predicted molar refractivity (Wildman–Crippen MR) is 134 cm³/mol. The van der Waals surface area contributed by atoms with E-state index in [4.69, 9.17) is 0 Å². The molecule has 1 atom stereocenters. The number of fused-ring (bicyclic) bond motifs is 2. The van der Waals surface area contributed by atoms with Gasteiger partial charge in [0.1, 0.15) is 0 Å². The highest BCUT2D eigenvalue weighted by Gasteiger charge is 2.26. The number of anilines is 1. The van der Waals surface area contributed by atoms with Gasteiger partial charge in [-0.25, -0.2) is 0 Å². The van der Waals surface area contributed by atoms with Gasteiger partial charge in [0.05, 0.1) is 0 Å². The number of nitrogens with zero attached hydrogens (tertiary/aromatic N) is 3. The Morgan fingerprint density at radius 3 is 2.55 bits per heavy atom. The lowest BCUT2D eigenvalue weighted by Crippen LogP contribution is -2.50. The quantitative estimate of drug-likeness (QED) is 0.477. The monoisotopic (exact) mass is 448 g/mol. The maximum atomic E-state index is 9.95. The molecule has 3 aromatic rings. The van der Waals surface area contributed by atoms with Gasteiger partial charge in [-0.3, -0.25) is 9.80 Å². The molecule has 6 nitrogen and oxygen atoms in total. The van der Waals surface area contributed by atoms with E-state index >= 15 is 0 Å². The van der Waals surface area contributed by atoms with Crippen LogP contribution in [-0.4, -0.2) is 76.9 Å². The summed E-state index contributed by atoms with van der Waals surface area (Å²) >= 11 is 0. The average molecular weight is 449 g/mol. The third-order valence-electron chi connectivity index (χ3n) is 7.50. The zero-order valence-electron chi connectivity index (χ0n) is 19.6. The molecule has 0 radical (unpaired) electrons. The van der Waals surface area contributed by atoms with E-state index in [1.54, 1.807) is 12.1 Å². The second-order valence-corrected chi connectivity index (χ2v) is 9.62. The zero-order valence-corrected chi connectivity index (χ0v) is 19.6. The van der Waals surface area contributed by atoms with Crippen molar-refractivity contribution in [3.8, 4) is 11.5 Å². The number of hydrogen-bond donors (Lipinski definition) is 3. The lowest BCUT2D eigenvalue weighted by Gasteiger charge is -2.39. The minimum atomic E-state index is 0.00442. The van der Waals surface area contributed by atoms with E-state index in [-0.39, 0.29) is 11.5 Å². The molecule has 0 bridgehead atoms. The minimum absolute atomic E-state index is 0.00442. The summed E-state index contributed by atoms with van der Waals surface area (Å²) in [4.78, 5) is 11.0. The van der Waals surface area contributed by atoms with E-state index in [1.165, 1.54) is 27.7 Å². The highest BCUT2D eigenvalue weighted by atomic mass is 16.3. The molecule has 6 heteroatoms. The molecule has 5 rings (SSSR count). The Morgan fingerprint density at radius 1 is 0.970 bits per heavy atom. The van der Waals surface area contributed by atoms with Crippen molar-refractivity contribution < 1.29 is 10.2 Å². The van der Waals surface area contributed by atoms with Gasteiger partial charge in [0.15, 0.2) is 11.5 Å². The number of benzene rings is 2. The van der Waals surface area contributed by atoms with Gasteiger partial charge in [0.2, 0.25) is 0 Å². The molecule has 0 spiro atoms. The van der Waals surface area contributed by atoms with E-state index in [1.807, 2.05) is 6.20 Å². The fourth-order valence-electron chi connectivity index (χ4n) is 5.58. The highest BCUT2D eigenvalue weighted by Crippen LogP contribution is 2.33. The van der Waals surface area contributed by atoms with Crippen molar-refractivity contribution in [3.63, 3.8) is 0 Å². The van der Waals surface area contributed by atoms with Gasteiger partial charge < -0.3 is 20.1 Å². The van der Waals surface area contributed by atoms with Crippen LogP contribution < -0.4 is 4.90 Å². The third kappa shape index (κ3) is 4.82. The van der Waals surface area contributed by atoms with Gasteiger partial charge in [-0.2, -0.15) is 0 Å². The molecule has 2 heterocycles. The van der Waals surface area contributed by atoms with Crippen LogP contribution in [0.4, 0.5) is 5.69 Å². The van der Waals surface area contributed by atoms with Gasteiger partial charge >= 0.3 is 0 Å². The number of aromatic amines is 1. The molecule has 2 aliphatic rings. The average Bonchev–Trinajstić information content (AvgIpc) is 3.31. The van der Waals surface area contributed by atoms with Crippen molar-refractivity contribution in [2.24, 2.45) is 0 Å². The number of hydrogen-bond acceptors (Lipinski definition) is 5. The summed E-state index contributed by atoms with van der Waals surface area (Å²) in [7, 11) is 0. The van der Waals surface area contributed by atoms with E-state index < -0.39 is 0 Å². The Hall–Kier alpha value is -2.70. The highest BCUT2D eigenvalue weighted by molar-refractivity contribution is 5.83. The second kappa shape index (κ2) is 9.65. The number of aromatic nitrogens is 1. The van der Waals surface area contributed by atoms with Crippen LogP contribution >= 0.6 is 0 Å². The molecule has 1 aromatic heterocycles. The normalized spacial score (nSPS) is 19.3. The smallest absolute Gasteiger partial charge is 0.157 e. The molecule has 2 aromatic carbocycles. The predicted octanol–water partition coefficient (Wildman–Crippen LogP) is 3.97. The van der Waals surface area contributed by atoms with Gasteiger partial charge in [-0.1, -0.05) is 6.92 Å². The number of aryl methyl sites for hydroxylation is 1. The van der Waals surface area contributed by atoms with Crippen molar-refractivity contribution in [2.75, 3.05) is 50.7 Å². The Bertz CT molecular complexity index is 1090. The molecule has 1 unspecified atom stereocenters. The van der Waals surface area contributed by atoms with Gasteiger partial charge in [-0.05, 0) is 79.8 Å². The van der Waals surface area contributed by atoms with Crippen LogP contribution in [-0.2, 0) is 12.8 Å². The van der Waals surface area contributed by atoms with Crippen LogP contribution in [0.2, 0.25) is 0 Å². The number of aromatic hydroxyl groups is 2. The number of H-pyrrole nitrogens is 1. The standard InChI is InChI=1S/C27H36N4O2/c1-2-9-30(23-4-3-20-18-26(32)27(33)19-22(20)17-23)13-10-29-11-14-31(15-12-29)24-5-6-25-21(16-24)7-8-28-25/h5-8,16,18-19,23,28,32-33H,2-4,9-15,17H2,1H3. The Balaban J connectivity index is 1.15. The minimum Gasteiger partial charge on any atom is -0.504 e. The molecule has 1 fully saturated rings. The van der Waals surface area contributed by atoms with Crippen LogP contribution in [0.25, 0.3) is 10.9 Å². The van der Waals surface area contributed by atoms with E-state index in [2.05, 4.69) is 50.9 Å². The molecule has 3 N–H and O–H groups in total. The van der Waals surface area contributed by atoms with Crippen LogP contribution in [0.5, 0.6) is 11.5 Å². The lowest BCUT2D eigenvalue weighted by atomic mass is 9.87. The van der Waals surface area contributed by atoms with Crippen LogP contribution in [0.15, 0.2) is 42.6 Å². The van der Waals surface area contributed by atoms with Gasteiger partial charge in [0.25, 0.3) is 0 Å². The molecular formula is C27H36N4O2. The summed E-state index contributed by atoms with van der Waals surface area (Å²) < 4.78 is 0. The summed E-state index contributed by atoms with van der Waals surface area (Å²) in [5.74, 6) is 0.00902. The number of piperazine rings is 1. The van der Waals surface area contributed by atoms with Crippen molar-refractivity contribution in [2.45, 2.75) is 38.6 Å². The maximum Gasteiger partial charge on any atom is 0.157 e. The molecule has 1 saturated heterocycles. The van der Waals surface area contributed by atoms with Crippen LogP contribution in [0.3, 0.4) is 0 Å². The van der Waals surface area contributed by atoms with Gasteiger partial charge in [0, 0.05) is 68.1 Å². The largest absolute Gasteiger partial charge is 0.504 e. The van der Waals surface area contributed by atoms with E-state index in [0.717, 1.165) is 71.5 Å². The third-order valence-corrected chi connectivity index (χ3v) is 7.50. The number of phenolic OH excluding ortho intramolecular Hbond substituents is 2. The molecule has 33 heavy (non-hydrogen) atoms. The zero-order chi connectivity index (χ0) is 22.8. The number of phenols is 2. The summed E-state index contributed by atoms with van der Waals surface area (Å²) in [5.41, 5.74) is 4.90. The topological polar surface area (TPSA) is 66.0 Å². The summed E-state index contributed by atoms with van der Waals surface area (Å²) in [6.07, 6.45) is 6.20. The molecular weight excluding hydrogens is 412 g/mol. The molecule has 1 aliphatic heterocycles. The molecule has 0 amide bonds. The van der Waals surface area contributed by atoms with Gasteiger partial charge in [-0.15, -0.1) is 0 Å². The first-order chi connectivity index (χ1) is 16.1. The van der Waals surface area contributed by atoms with Crippen LogP contribution in [0, 0.1) is 0 Å². The van der Waals surface area contributed by atoms with E-state index in [0.29, 0.717) is 6.04 Å². The Labute approximate surface area is 196 Å². The second-order valence-electron chi connectivity index (χ2n) is 9.62.